The first-order chi connectivity index (χ1) is 37.0. The summed E-state index contributed by atoms with van der Waals surface area (Å²) in [5.74, 6) is -2.99. The molecule has 1 heterocycles. The van der Waals surface area contributed by atoms with Crippen LogP contribution in [0.2, 0.25) is 0 Å². The number of ketones is 2. The largest absolute Gasteiger partial charge is 1.00 e. The molecule has 0 radical (unpaired) electrons. The van der Waals surface area contributed by atoms with Crippen LogP contribution in [0.5, 0.6) is 0 Å². The lowest BCUT2D eigenvalue weighted by Gasteiger charge is -2.30. The number of nitrogens with two attached hydrogens (primary N) is 1. The Morgan fingerprint density at radius 2 is 1.45 bits per heavy atom. The molecule has 2 aliphatic rings. The number of allylic oxidation sites excluding steroid dienone is 4. The van der Waals surface area contributed by atoms with Gasteiger partial charge in [-0.2, -0.15) is 0 Å². The fraction of sp³-hybridized carbons (Fsp3) is 0.385. The number of carbonyl (C=O) groups is 4. The number of hydrogen-bond donors (Lipinski definition) is 4. The van der Waals surface area contributed by atoms with Crippen molar-refractivity contribution in [1.82, 2.24) is 10.6 Å². The fourth-order valence-corrected chi connectivity index (χ4v) is 11.3. The first kappa shape index (κ1) is 34.2. The van der Waals surface area contributed by atoms with Crippen molar-refractivity contribution in [3.63, 3.8) is 0 Å². The van der Waals surface area contributed by atoms with Gasteiger partial charge in [-0.05, 0) is 93.7 Å². The van der Waals surface area contributed by atoms with Crippen LogP contribution in [-0.4, -0.2) is 80.0 Å². The van der Waals surface area contributed by atoms with E-state index >= 15 is 0 Å². The number of halogens is 1. The third-order valence-electron chi connectivity index (χ3n) is 11.1. The molecule has 11 nitrogen and oxygen atoms in total. The van der Waals surface area contributed by atoms with E-state index in [0.29, 0.717) is 18.4 Å². The number of ether oxygens (including phenoxy) is 3. The SMILES string of the molecule is [2H]c1c([2H])c([2H])c([P+](CCCCCCNC2=C3C[C@@H](C)C[C@H](OC)[C@H](O)[C@@H](C)/C=C(\C)[C@H](OC(N)=O)[C@@H](OC)/C=C\C=C(/C)C(=O)NC(=CC2=O)C3=O)(c2c([2H])c([2H])c([2H])c([2H])c2[2H])c2c([2H])c([2H])c([2H])c([2H])c2[2H])c([2H])c1[2H].[Cl-]. The molecule has 0 spiro atoms. The van der Waals surface area contributed by atoms with Gasteiger partial charge < -0.3 is 48.1 Å². The van der Waals surface area contributed by atoms with Crippen molar-refractivity contribution in [2.45, 2.75) is 90.6 Å². The van der Waals surface area contributed by atoms with Crippen LogP contribution in [0.4, 0.5) is 4.79 Å². The normalized spacial score (nSPS) is 27.8. The number of amides is 2. The summed E-state index contributed by atoms with van der Waals surface area (Å²) >= 11 is 0. The molecule has 65 heavy (non-hydrogen) atoms. The summed E-state index contributed by atoms with van der Waals surface area (Å²) in [5.41, 5.74) is 5.75. The number of aliphatic hydroxyl groups is 1. The zero-order valence-electron chi connectivity index (χ0n) is 52.2. The Kier molecular flexibility index (Phi) is 13.4. The maximum Gasteiger partial charge on any atom is 0.405 e. The van der Waals surface area contributed by atoms with Gasteiger partial charge in [-0.15, -0.1) is 0 Å². The number of rotatable bonds is 14. The zero-order chi connectivity index (χ0) is 59.3. The molecule has 6 atom stereocenters. The molecule has 5 rings (SSSR count). The molecule has 0 fully saturated rings. The third-order valence-corrected chi connectivity index (χ3v) is 15.1. The van der Waals surface area contributed by atoms with Crippen LogP contribution >= 0.6 is 7.26 Å². The molecule has 0 aromatic heterocycles. The Labute approximate surface area is 412 Å². The number of benzene rings is 3. The van der Waals surface area contributed by atoms with E-state index in [1.165, 1.54) is 39.4 Å². The Hall–Kier alpha value is -5.16. The van der Waals surface area contributed by atoms with Gasteiger partial charge in [-0.3, -0.25) is 14.4 Å². The Morgan fingerprint density at radius 1 is 0.877 bits per heavy atom. The van der Waals surface area contributed by atoms with Gasteiger partial charge in [-0.25, -0.2) is 4.79 Å². The monoisotopic (exact) mass is 941 g/mol. The van der Waals surface area contributed by atoms with Gasteiger partial charge in [0.1, 0.15) is 29.3 Å². The minimum Gasteiger partial charge on any atom is -1.00 e. The van der Waals surface area contributed by atoms with Crippen LogP contribution in [0.15, 0.2) is 149 Å². The molecule has 0 saturated carbocycles. The molecule has 3 aromatic carbocycles. The van der Waals surface area contributed by atoms with Gasteiger partial charge >= 0.3 is 6.09 Å². The van der Waals surface area contributed by atoms with E-state index < -0.39 is 174 Å². The highest BCUT2D eigenvalue weighted by Gasteiger charge is 2.44. The van der Waals surface area contributed by atoms with Gasteiger partial charge in [0, 0.05) is 43.9 Å². The summed E-state index contributed by atoms with van der Waals surface area (Å²) < 4.78 is 149. The lowest BCUT2D eigenvalue weighted by atomic mass is 9.85. The van der Waals surface area contributed by atoms with Crippen molar-refractivity contribution in [3.8, 4) is 0 Å². The topological polar surface area (TPSA) is 166 Å². The molecule has 5 N–H and O–H groups in total. The minimum atomic E-state index is -4.48. The number of nitrogens with one attached hydrogen (secondary N) is 2. The van der Waals surface area contributed by atoms with Crippen molar-refractivity contribution in [3.05, 3.63) is 149 Å². The van der Waals surface area contributed by atoms with Gasteiger partial charge in [0.2, 0.25) is 11.6 Å². The lowest BCUT2D eigenvalue weighted by Crippen LogP contribution is -3.00. The van der Waals surface area contributed by atoms with Crippen molar-refractivity contribution in [1.29, 1.82) is 0 Å². The fourth-order valence-electron chi connectivity index (χ4n) is 7.79. The molecule has 1 aliphatic heterocycles. The average Bonchev–Trinajstić information content (AvgIpc) is 3.40. The van der Waals surface area contributed by atoms with Crippen LogP contribution < -0.4 is 44.7 Å². The maximum absolute atomic E-state index is 14.4. The quantitative estimate of drug-likeness (QED) is 0.0812. The summed E-state index contributed by atoms with van der Waals surface area (Å²) in [5, 5.41) is 15.6. The number of fused-ring (bicyclic) bond motifs is 2. The molecule has 3 aromatic rings. The van der Waals surface area contributed by atoms with E-state index in [4.69, 9.17) is 32.3 Å². The van der Waals surface area contributed by atoms with Crippen LogP contribution in [0.1, 0.15) is 86.8 Å². The molecule has 348 valence electrons. The predicted molar refractivity (Wildman–Crippen MR) is 256 cm³/mol. The Morgan fingerprint density at radius 3 is 1.98 bits per heavy atom. The standard InChI is InChI=1S/C52H64N3O8P.ClH/c1-35-31-42-47(54-29-18-7-8-19-30-64(39-22-12-9-13-23-39,40-24-14-10-15-25-40)41-26-16-11-17-27-41)44(56)34-43(49(42)58)55-51(59)36(2)21-20-28-45(61-5)50(63-52(53)60)38(4)33-37(3)48(57)46(32-35)62-6;/h9-17,20-28,33-35,37,45-46,48,50,57H,7-8,18-19,29-32H2,1-6H3,(H3-,53,54,55,56,58,59,60);1H/b28-20-,36-21+,38-33+;/t35-,37+,45+,46+,48-,50+;/m1./s1/i9D,10D,11D,12D,13D,14D,15D,16D,17D,22D,23D,24D,25D,26D,27D;. The molecule has 1 aliphatic carbocycles. The summed E-state index contributed by atoms with van der Waals surface area (Å²) in [7, 11) is -1.68. The van der Waals surface area contributed by atoms with Crippen molar-refractivity contribution < 1.29 is 71.5 Å². The van der Waals surface area contributed by atoms with E-state index in [0.717, 1.165) is 6.08 Å². The molecular formula is C52H65ClN3O8P. The smallest absolute Gasteiger partial charge is 0.405 e. The summed E-state index contributed by atoms with van der Waals surface area (Å²) in [6, 6.07) is -12.6. The Balaban J connectivity index is 0.0000138. The Bertz CT molecular complexity index is 2850. The zero-order valence-corrected chi connectivity index (χ0v) is 38.9. The number of methoxy groups -OCH3 is 2. The highest BCUT2D eigenvalue weighted by molar-refractivity contribution is 7.95. The minimum absolute atomic E-state index is 0. The molecule has 2 amide bonds. The van der Waals surface area contributed by atoms with Gasteiger partial charge in [0.05, 0.1) is 50.3 Å². The number of Topliss-reactive ketones (excluding diaryl/α,β-unsaturated/α-hetero) is 1. The van der Waals surface area contributed by atoms with Gasteiger partial charge in [-0.1, -0.05) is 99.0 Å². The number of carbonyl (C=O) groups excluding carboxylic acids is 4. The van der Waals surface area contributed by atoms with E-state index in [1.807, 2.05) is 0 Å². The van der Waals surface area contributed by atoms with E-state index in [9.17, 15) is 32.5 Å². The molecule has 13 heteroatoms. The van der Waals surface area contributed by atoms with Gasteiger partial charge in [0.25, 0.3) is 5.91 Å². The highest BCUT2D eigenvalue weighted by atomic mass is 35.5. The van der Waals surface area contributed by atoms with Gasteiger partial charge in [0.15, 0.2) is 6.10 Å². The van der Waals surface area contributed by atoms with Crippen LogP contribution in [0.25, 0.3) is 0 Å². The summed E-state index contributed by atoms with van der Waals surface area (Å²) in [6.07, 6.45) is 2.83. The van der Waals surface area contributed by atoms with E-state index in [1.54, 1.807) is 26.8 Å². The molecular weight excluding hydrogens is 861 g/mol. The number of hydrogen-bond acceptors (Lipinski definition) is 9. The summed E-state index contributed by atoms with van der Waals surface area (Å²) in [6.45, 7) is 6.77. The first-order valence-electron chi connectivity index (χ1n) is 28.4. The van der Waals surface area contributed by atoms with Crippen LogP contribution in [0, 0.1) is 11.8 Å². The summed E-state index contributed by atoms with van der Waals surface area (Å²) in [4.78, 5) is 53.9. The van der Waals surface area contributed by atoms with E-state index in [2.05, 4.69) is 10.6 Å². The first-order valence-corrected chi connectivity index (χ1v) is 22.9. The molecule has 0 unspecified atom stereocenters. The second-order valence-electron chi connectivity index (χ2n) is 15.7. The second-order valence-corrected chi connectivity index (χ2v) is 19.1. The number of aliphatic hydroxyl groups excluding tert-OH is 1. The number of primary amides is 1. The lowest BCUT2D eigenvalue weighted by molar-refractivity contribution is -0.120. The second kappa shape index (κ2) is 25.5. The maximum atomic E-state index is 14.4. The number of unbranched alkanes of at least 4 members (excludes halogenated alkanes) is 3. The molecule has 2 bridgehead atoms. The van der Waals surface area contributed by atoms with Crippen molar-refractivity contribution in [2.75, 3.05) is 26.9 Å². The van der Waals surface area contributed by atoms with Crippen LogP contribution in [-0.2, 0) is 28.6 Å². The van der Waals surface area contributed by atoms with E-state index in [-0.39, 0.29) is 73.3 Å². The average molecular weight is 942 g/mol. The van der Waals surface area contributed by atoms with Crippen LogP contribution in [0.3, 0.4) is 0 Å². The third kappa shape index (κ3) is 13.7. The van der Waals surface area contributed by atoms with Crippen molar-refractivity contribution >= 4 is 46.7 Å². The molecule has 0 saturated heterocycles. The predicted octanol–water partition coefficient (Wildman–Crippen LogP) is 3.91. The van der Waals surface area contributed by atoms with Crippen molar-refractivity contribution in [2.24, 2.45) is 17.6 Å². The highest BCUT2D eigenvalue weighted by Crippen LogP contribution is 2.56.